The summed E-state index contributed by atoms with van der Waals surface area (Å²) in [6, 6.07) is 25.2. The first-order chi connectivity index (χ1) is 18.0. The molecule has 1 fully saturated rings. The number of benzene rings is 3. The first-order valence-electron chi connectivity index (χ1n) is 12.7. The summed E-state index contributed by atoms with van der Waals surface area (Å²) in [4.78, 5) is 25.3. The molecule has 0 atom stereocenters. The van der Waals surface area contributed by atoms with Gasteiger partial charge in [-0.15, -0.1) is 0 Å². The van der Waals surface area contributed by atoms with E-state index in [0.29, 0.717) is 29.2 Å². The SMILES string of the molecule is Cc1ccccc1C(=O)NCc1ccc(-c2nn(C3CCCC3)c(Nc3ccccc3)c2C(N)=O)cc1. The van der Waals surface area contributed by atoms with Gasteiger partial charge < -0.3 is 16.4 Å². The van der Waals surface area contributed by atoms with Crippen molar-refractivity contribution in [2.75, 3.05) is 5.32 Å². The van der Waals surface area contributed by atoms with Crippen LogP contribution in [-0.4, -0.2) is 21.6 Å². The van der Waals surface area contributed by atoms with E-state index in [1.165, 1.54) is 0 Å². The number of nitrogens with one attached hydrogen (secondary N) is 2. The molecular weight excluding hydrogens is 462 g/mol. The minimum atomic E-state index is -0.521. The second kappa shape index (κ2) is 10.7. The molecule has 2 amide bonds. The maximum atomic E-state index is 12.7. The fraction of sp³-hybridized carbons (Fsp3) is 0.233. The summed E-state index contributed by atoms with van der Waals surface area (Å²) in [7, 11) is 0. The number of rotatable bonds is 8. The van der Waals surface area contributed by atoms with Crippen molar-refractivity contribution in [3.05, 3.63) is 101 Å². The van der Waals surface area contributed by atoms with E-state index in [-0.39, 0.29) is 11.9 Å². The van der Waals surface area contributed by atoms with E-state index >= 15 is 0 Å². The number of carbonyl (C=O) groups excluding carboxylic acids is 2. The monoisotopic (exact) mass is 493 g/mol. The molecule has 0 bridgehead atoms. The first-order valence-corrected chi connectivity index (χ1v) is 12.7. The number of hydrogen-bond donors (Lipinski definition) is 3. The summed E-state index contributed by atoms with van der Waals surface area (Å²) < 4.78 is 1.95. The fourth-order valence-electron chi connectivity index (χ4n) is 4.95. The van der Waals surface area contributed by atoms with Crippen LogP contribution in [0, 0.1) is 6.92 Å². The maximum Gasteiger partial charge on any atom is 0.254 e. The molecule has 3 aromatic carbocycles. The van der Waals surface area contributed by atoms with Gasteiger partial charge in [0, 0.05) is 23.4 Å². The van der Waals surface area contributed by atoms with Gasteiger partial charge in [0.25, 0.3) is 11.8 Å². The third kappa shape index (κ3) is 5.26. The van der Waals surface area contributed by atoms with Gasteiger partial charge in [-0.05, 0) is 49.1 Å². The molecule has 0 radical (unpaired) electrons. The van der Waals surface area contributed by atoms with Crippen LogP contribution in [0.1, 0.15) is 63.6 Å². The topological polar surface area (TPSA) is 102 Å². The zero-order valence-electron chi connectivity index (χ0n) is 20.9. The van der Waals surface area contributed by atoms with Crippen LogP contribution >= 0.6 is 0 Å². The summed E-state index contributed by atoms with van der Waals surface area (Å²) in [6.07, 6.45) is 4.31. The number of aromatic nitrogens is 2. The van der Waals surface area contributed by atoms with Gasteiger partial charge in [0.1, 0.15) is 17.1 Å². The predicted octanol–water partition coefficient (Wildman–Crippen LogP) is 5.75. The molecule has 1 aromatic heterocycles. The summed E-state index contributed by atoms with van der Waals surface area (Å²) in [5.41, 5.74) is 11.1. The van der Waals surface area contributed by atoms with Crippen LogP contribution in [0.4, 0.5) is 11.5 Å². The van der Waals surface area contributed by atoms with E-state index in [1.54, 1.807) is 0 Å². The molecule has 1 aliphatic carbocycles. The summed E-state index contributed by atoms with van der Waals surface area (Å²) in [6.45, 7) is 2.32. The molecule has 37 heavy (non-hydrogen) atoms. The van der Waals surface area contributed by atoms with Crippen molar-refractivity contribution in [1.82, 2.24) is 15.1 Å². The molecule has 1 aliphatic rings. The van der Waals surface area contributed by atoms with Crippen LogP contribution in [0.5, 0.6) is 0 Å². The number of amides is 2. The number of nitrogens with zero attached hydrogens (tertiary/aromatic N) is 2. The van der Waals surface area contributed by atoms with Crippen molar-refractivity contribution in [2.45, 2.75) is 45.2 Å². The number of aryl methyl sites for hydroxylation is 1. The van der Waals surface area contributed by atoms with Gasteiger partial charge in [-0.25, -0.2) is 4.68 Å². The van der Waals surface area contributed by atoms with Crippen LogP contribution in [-0.2, 0) is 6.54 Å². The molecule has 0 unspecified atom stereocenters. The normalized spacial score (nSPS) is 13.4. The van der Waals surface area contributed by atoms with Crippen molar-refractivity contribution >= 4 is 23.3 Å². The van der Waals surface area contributed by atoms with Crippen molar-refractivity contribution < 1.29 is 9.59 Å². The summed E-state index contributed by atoms with van der Waals surface area (Å²) in [5.74, 6) is 0.00699. The highest BCUT2D eigenvalue weighted by Gasteiger charge is 2.28. The molecule has 4 N–H and O–H groups in total. The third-order valence-electron chi connectivity index (χ3n) is 6.93. The maximum absolute atomic E-state index is 12.7. The first kappa shape index (κ1) is 24.3. The van der Waals surface area contributed by atoms with E-state index in [4.69, 9.17) is 10.8 Å². The fourth-order valence-corrected chi connectivity index (χ4v) is 4.95. The Morgan fingerprint density at radius 3 is 2.30 bits per heavy atom. The Balaban J connectivity index is 1.43. The molecule has 1 saturated carbocycles. The number of para-hydroxylation sites is 1. The molecule has 4 aromatic rings. The van der Waals surface area contributed by atoms with Gasteiger partial charge in [-0.1, -0.05) is 73.5 Å². The zero-order chi connectivity index (χ0) is 25.8. The van der Waals surface area contributed by atoms with Gasteiger partial charge in [0.05, 0.1) is 6.04 Å². The second-order valence-corrected chi connectivity index (χ2v) is 9.50. The summed E-state index contributed by atoms with van der Waals surface area (Å²) >= 11 is 0. The van der Waals surface area contributed by atoms with Crippen molar-refractivity contribution in [3.63, 3.8) is 0 Å². The van der Waals surface area contributed by atoms with Crippen LogP contribution < -0.4 is 16.4 Å². The van der Waals surface area contributed by atoms with Gasteiger partial charge >= 0.3 is 0 Å². The number of nitrogens with two attached hydrogens (primary N) is 1. The lowest BCUT2D eigenvalue weighted by molar-refractivity contribution is 0.0949. The number of hydrogen-bond acceptors (Lipinski definition) is 4. The van der Waals surface area contributed by atoms with Crippen molar-refractivity contribution in [3.8, 4) is 11.3 Å². The summed E-state index contributed by atoms with van der Waals surface area (Å²) in [5, 5.41) is 11.3. The third-order valence-corrected chi connectivity index (χ3v) is 6.93. The number of anilines is 2. The Bertz CT molecular complexity index is 1400. The van der Waals surface area contributed by atoms with Crippen LogP contribution in [0.25, 0.3) is 11.3 Å². The Morgan fingerprint density at radius 2 is 1.62 bits per heavy atom. The number of primary amides is 1. The van der Waals surface area contributed by atoms with E-state index < -0.39 is 5.91 Å². The lowest BCUT2D eigenvalue weighted by Gasteiger charge is -2.16. The molecule has 1 heterocycles. The van der Waals surface area contributed by atoms with Crippen molar-refractivity contribution in [2.24, 2.45) is 5.73 Å². The molecule has 7 nitrogen and oxygen atoms in total. The van der Waals surface area contributed by atoms with Gasteiger partial charge in [0.15, 0.2) is 0 Å². The van der Waals surface area contributed by atoms with Crippen LogP contribution in [0.15, 0.2) is 78.9 Å². The Morgan fingerprint density at radius 1 is 0.946 bits per heavy atom. The molecule has 0 aliphatic heterocycles. The number of carbonyl (C=O) groups is 2. The Labute approximate surface area is 216 Å². The van der Waals surface area contributed by atoms with Gasteiger partial charge in [0.2, 0.25) is 0 Å². The van der Waals surface area contributed by atoms with Crippen LogP contribution in [0.3, 0.4) is 0 Å². The second-order valence-electron chi connectivity index (χ2n) is 9.50. The highest BCUT2D eigenvalue weighted by Crippen LogP contribution is 2.38. The highest BCUT2D eigenvalue weighted by atomic mass is 16.2. The average molecular weight is 494 g/mol. The average Bonchev–Trinajstić information content (AvgIpc) is 3.57. The highest BCUT2D eigenvalue weighted by molar-refractivity contribution is 6.04. The van der Waals surface area contributed by atoms with Crippen LogP contribution in [0.2, 0.25) is 0 Å². The molecule has 7 heteroatoms. The standard InChI is InChI=1S/C30H31N5O2/c1-20-9-5-8-14-25(20)30(37)32-19-21-15-17-22(18-16-21)27-26(28(31)36)29(33-23-10-3-2-4-11-23)35(34-27)24-12-6-7-13-24/h2-5,8-11,14-18,24,33H,6-7,12-13,19H2,1H3,(H2,31,36)(H,32,37). The lowest BCUT2D eigenvalue weighted by Crippen LogP contribution is -2.23. The smallest absolute Gasteiger partial charge is 0.254 e. The molecule has 188 valence electrons. The van der Waals surface area contributed by atoms with E-state index in [2.05, 4.69) is 10.6 Å². The Kier molecular flexibility index (Phi) is 7.03. The van der Waals surface area contributed by atoms with Gasteiger partial charge in [-0.3, -0.25) is 9.59 Å². The minimum absolute atomic E-state index is 0.106. The van der Waals surface area contributed by atoms with E-state index in [0.717, 1.165) is 48.1 Å². The largest absolute Gasteiger partial charge is 0.365 e. The van der Waals surface area contributed by atoms with Gasteiger partial charge in [-0.2, -0.15) is 5.10 Å². The molecule has 5 rings (SSSR count). The predicted molar refractivity (Wildman–Crippen MR) is 146 cm³/mol. The molecule has 0 spiro atoms. The molecular formula is C30H31N5O2. The van der Waals surface area contributed by atoms with E-state index in [9.17, 15) is 9.59 Å². The minimum Gasteiger partial charge on any atom is -0.365 e. The zero-order valence-corrected chi connectivity index (χ0v) is 20.9. The quantitative estimate of drug-likeness (QED) is 0.291. The van der Waals surface area contributed by atoms with E-state index in [1.807, 2.05) is 90.5 Å². The Hall–Kier alpha value is -4.39. The lowest BCUT2D eigenvalue weighted by atomic mass is 10.0. The molecule has 0 saturated heterocycles. The van der Waals surface area contributed by atoms with Crippen molar-refractivity contribution in [1.29, 1.82) is 0 Å².